The highest BCUT2D eigenvalue weighted by molar-refractivity contribution is 5.75. The Morgan fingerprint density at radius 1 is 1.40 bits per heavy atom. The van der Waals surface area contributed by atoms with E-state index in [9.17, 15) is 22.8 Å². The first-order valence-corrected chi connectivity index (χ1v) is 5.90. The topological polar surface area (TPSA) is 78.9 Å². The van der Waals surface area contributed by atoms with E-state index in [1.54, 1.807) is 0 Å². The van der Waals surface area contributed by atoms with Crippen LogP contribution in [0.2, 0.25) is 0 Å². The number of methoxy groups -OCH3 is 1. The summed E-state index contributed by atoms with van der Waals surface area (Å²) in [7, 11) is 2.31. The van der Waals surface area contributed by atoms with Crippen molar-refractivity contribution in [3.8, 4) is 0 Å². The number of hydrogen-bond donors (Lipinski definition) is 2. The molecule has 0 fully saturated rings. The maximum atomic E-state index is 12.4. The summed E-state index contributed by atoms with van der Waals surface area (Å²) in [6.07, 6.45) is -6.83. The summed E-state index contributed by atoms with van der Waals surface area (Å²) >= 11 is 0. The zero-order valence-corrected chi connectivity index (χ0v) is 11.5. The minimum atomic E-state index is -4.48. The van der Waals surface area contributed by atoms with Crippen LogP contribution in [0.4, 0.5) is 18.0 Å². The second-order valence-electron chi connectivity index (χ2n) is 4.41. The molecule has 0 aromatic heterocycles. The van der Waals surface area contributed by atoms with Gasteiger partial charge < -0.3 is 20.1 Å². The van der Waals surface area contributed by atoms with E-state index >= 15 is 0 Å². The molecule has 0 saturated carbocycles. The number of halogens is 3. The third-order valence-corrected chi connectivity index (χ3v) is 2.65. The molecule has 9 heteroatoms. The number of aliphatic carboxylic acids is 1. The molecule has 0 bridgehead atoms. The van der Waals surface area contributed by atoms with E-state index in [2.05, 4.69) is 10.1 Å². The second kappa shape index (κ2) is 7.93. The number of ether oxygens (including phenoxy) is 1. The molecule has 0 heterocycles. The highest BCUT2D eigenvalue weighted by atomic mass is 19.4. The fourth-order valence-electron chi connectivity index (χ4n) is 1.43. The molecule has 0 saturated heterocycles. The fraction of sp³-hybridized carbons (Fsp3) is 0.818. The first-order chi connectivity index (χ1) is 9.09. The first-order valence-electron chi connectivity index (χ1n) is 5.90. The SMILES string of the molecule is COC(CCNC(=O)N(C)CC(C)C(=O)O)C(F)(F)F. The van der Waals surface area contributed by atoms with Crippen LogP contribution in [-0.4, -0.2) is 61.5 Å². The van der Waals surface area contributed by atoms with Gasteiger partial charge in [0.25, 0.3) is 0 Å². The van der Waals surface area contributed by atoms with Crippen molar-refractivity contribution in [2.45, 2.75) is 25.6 Å². The van der Waals surface area contributed by atoms with Crippen molar-refractivity contribution in [2.75, 3.05) is 27.2 Å². The largest absolute Gasteiger partial charge is 0.481 e. The molecule has 0 aromatic carbocycles. The van der Waals surface area contributed by atoms with Gasteiger partial charge in [0.15, 0.2) is 6.10 Å². The Kier molecular flexibility index (Phi) is 7.33. The highest BCUT2D eigenvalue weighted by Crippen LogP contribution is 2.24. The fourth-order valence-corrected chi connectivity index (χ4v) is 1.43. The standard InChI is InChI=1S/C11H19F3N2O4/c1-7(9(17)18)6-16(2)10(19)15-5-4-8(20-3)11(12,13)14/h7-8H,4-6H2,1-3H3,(H,15,19)(H,17,18). The molecule has 0 radical (unpaired) electrons. The molecule has 2 atom stereocenters. The Hall–Kier alpha value is -1.51. The van der Waals surface area contributed by atoms with Crippen molar-refractivity contribution in [1.82, 2.24) is 10.2 Å². The van der Waals surface area contributed by atoms with Crippen LogP contribution in [0.15, 0.2) is 0 Å². The van der Waals surface area contributed by atoms with Gasteiger partial charge in [-0.2, -0.15) is 13.2 Å². The summed E-state index contributed by atoms with van der Waals surface area (Å²) in [5.41, 5.74) is 0. The molecule has 0 aliphatic heterocycles. The minimum absolute atomic E-state index is 0.0336. The van der Waals surface area contributed by atoms with Crippen molar-refractivity contribution in [3.05, 3.63) is 0 Å². The van der Waals surface area contributed by atoms with Gasteiger partial charge in [0.2, 0.25) is 0 Å². The highest BCUT2D eigenvalue weighted by Gasteiger charge is 2.39. The van der Waals surface area contributed by atoms with Gasteiger partial charge in [-0.3, -0.25) is 4.79 Å². The number of carboxylic acid groups (broad SMARTS) is 1. The number of urea groups is 1. The maximum absolute atomic E-state index is 12.4. The van der Waals surface area contributed by atoms with Crippen LogP contribution in [0, 0.1) is 5.92 Å². The lowest BCUT2D eigenvalue weighted by molar-refractivity contribution is -0.213. The molecule has 2 N–H and O–H groups in total. The van der Waals surface area contributed by atoms with E-state index in [0.717, 1.165) is 12.0 Å². The van der Waals surface area contributed by atoms with Crippen molar-refractivity contribution < 1.29 is 32.6 Å². The lowest BCUT2D eigenvalue weighted by Gasteiger charge is -2.22. The number of rotatable bonds is 7. The number of carbonyl (C=O) groups excluding carboxylic acids is 1. The van der Waals surface area contributed by atoms with Crippen molar-refractivity contribution in [2.24, 2.45) is 5.92 Å². The third-order valence-electron chi connectivity index (χ3n) is 2.65. The molecular weight excluding hydrogens is 281 g/mol. The maximum Gasteiger partial charge on any atom is 0.414 e. The van der Waals surface area contributed by atoms with Crippen molar-refractivity contribution in [3.63, 3.8) is 0 Å². The van der Waals surface area contributed by atoms with Gasteiger partial charge in [-0.05, 0) is 6.42 Å². The molecule has 6 nitrogen and oxygen atoms in total. The number of carboxylic acids is 1. The van der Waals surface area contributed by atoms with E-state index in [4.69, 9.17) is 5.11 Å². The number of carbonyl (C=O) groups is 2. The van der Waals surface area contributed by atoms with Crippen LogP contribution < -0.4 is 5.32 Å². The Balaban J connectivity index is 4.13. The molecule has 0 spiro atoms. The molecular formula is C11H19F3N2O4. The Morgan fingerprint density at radius 2 is 1.95 bits per heavy atom. The van der Waals surface area contributed by atoms with E-state index in [0.29, 0.717) is 0 Å². The third kappa shape index (κ3) is 6.60. The zero-order valence-electron chi connectivity index (χ0n) is 11.5. The molecule has 0 rings (SSSR count). The average molecular weight is 300 g/mol. The minimum Gasteiger partial charge on any atom is -0.481 e. The molecule has 0 aliphatic carbocycles. The van der Waals surface area contributed by atoms with Crippen LogP contribution in [0.5, 0.6) is 0 Å². The number of amides is 2. The lowest BCUT2D eigenvalue weighted by Crippen LogP contribution is -2.42. The number of hydrogen-bond acceptors (Lipinski definition) is 3. The second-order valence-corrected chi connectivity index (χ2v) is 4.41. The Labute approximate surface area is 114 Å². The number of nitrogens with one attached hydrogen (secondary N) is 1. The summed E-state index contributed by atoms with van der Waals surface area (Å²) in [5.74, 6) is -1.81. The van der Waals surface area contributed by atoms with E-state index in [1.807, 2.05) is 0 Å². The van der Waals surface area contributed by atoms with Crippen LogP contribution in [0.3, 0.4) is 0 Å². The normalized spacial score (nSPS) is 14.5. The van der Waals surface area contributed by atoms with Gasteiger partial charge in [0.05, 0.1) is 5.92 Å². The Morgan fingerprint density at radius 3 is 2.35 bits per heavy atom. The zero-order chi connectivity index (χ0) is 15.9. The number of nitrogens with zero attached hydrogens (tertiary/aromatic N) is 1. The van der Waals surface area contributed by atoms with E-state index in [1.165, 1.54) is 14.0 Å². The molecule has 0 aliphatic rings. The molecule has 2 unspecified atom stereocenters. The first kappa shape index (κ1) is 18.5. The number of alkyl halides is 3. The van der Waals surface area contributed by atoms with Gasteiger partial charge in [-0.15, -0.1) is 0 Å². The Bertz CT molecular complexity index is 336. The van der Waals surface area contributed by atoms with Crippen molar-refractivity contribution in [1.29, 1.82) is 0 Å². The van der Waals surface area contributed by atoms with Crippen LogP contribution in [0.25, 0.3) is 0 Å². The summed E-state index contributed by atoms with van der Waals surface area (Å²) < 4.78 is 41.3. The average Bonchev–Trinajstić information content (AvgIpc) is 2.32. The predicted octanol–water partition coefficient (Wildman–Crippen LogP) is 1.32. The van der Waals surface area contributed by atoms with Gasteiger partial charge in [-0.25, -0.2) is 4.79 Å². The monoisotopic (exact) mass is 300 g/mol. The molecule has 2 amide bonds. The van der Waals surface area contributed by atoms with Gasteiger partial charge in [0.1, 0.15) is 0 Å². The van der Waals surface area contributed by atoms with Gasteiger partial charge in [0, 0.05) is 27.2 Å². The smallest absolute Gasteiger partial charge is 0.414 e. The van der Waals surface area contributed by atoms with Gasteiger partial charge in [-0.1, -0.05) is 6.92 Å². The van der Waals surface area contributed by atoms with Crippen LogP contribution in [-0.2, 0) is 9.53 Å². The molecule has 118 valence electrons. The summed E-state index contributed by atoms with van der Waals surface area (Å²) in [6, 6.07) is -0.630. The van der Waals surface area contributed by atoms with E-state index in [-0.39, 0.29) is 13.1 Å². The van der Waals surface area contributed by atoms with E-state index < -0.39 is 36.6 Å². The summed E-state index contributed by atoms with van der Waals surface area (Å²) in [4.78, 5) is 23.2. The molecule has 0 aromatic rings. The van der Waals surface area contributed by atoms with Crippen LogP contribution in [0.1, 0.15) is 13.3 Å². The van der Waals surface area contributed by atoms with Crippen molar-refractivity contribution >= 4 is 12.0 Å². The summed E-state index contributed by atoms with van der Waals surface area (Å²) in [5, 5.41) is 11.0. The van der Waals surface area contributed by atoms with Crippen LogP contribution >= 0.6 is 0 Å². The van der Waals surface area contributed by atoms with Gasteiger partial charge >= 0.3 is 18.2 Å². The summed E-state index contributed by atoms with van der Waals surface area (Å²) in [6.45, 7) is 1.17. The quantitative estimate of drug-likeness (QED) is 0.743. The molecule has 20 heavy (non-hydrogen) atoms. The predicted molar refractivity (Wildman–Crippen MR) is 64.3 cm³/mol. The lowest BCUT2D eigenvalue weighted by atomic mass is 10.2.